The summed E-state index contributed by atoms with van der Waals surface area (Å²) in [5.41, 5.74) is -0.951. The van der Waals surface area contributed by atoms with Crippen molar-refractivity contribution in [3.63, 3.8) is 0 Å². The van der Waals surface area contributed by atoms with Crippen molar-refractivity contribution in [2.75, 3.05) is 37.8 Å². The van der Waals surface area contributed by atoms with Gasteiger partial charge < -0.3 is 19.7 Å². The minimum Gasteiger partial charge on any atom is -0.452 e. The molecule has 156 valence electrons. The zero-order chi connectivity index (χ0) is 21.6. The van der Waals surface area contributed by atoms with Crippen molar-refractivity contribution in [1.29, 1.82) is 5.26 Å². The van der Waals surface area contributed by atoms with Crippen LogP contribution in [0.1, 0.15) is 31.1 Å². The lowest BCUT2D eigenvalue weighted by Gasteiger charge is -2.28. The molecule has 0 aromatic heterocycles. The highest BCUT2D eigenvalue weighted by atomic mass is 16.6. The smallest absolute Gasteiger partial charge is 0.338 e. The lowest BCUT2D eigenvalue weighted by atomic mass is 9.90. The molecule has 0 aliphatic carbocycles. The summed E-state index contributed by atoms with van der Waals surface area (Å²) in [6, 6.07) is 6.08. The van der Waals surface area contributed by atoms with Gasteiger partial charge in [-0.25, -0.2) is 4.79 Å². The average molecular weight is 404 g/mol. The number of carbonyl (C=O) groups is 2. The highest BCUT2D eigenvalue weighted by Gasteiger charge is 2.30. The van der Waals surface area contributed by atoms with E-state index in [2.05, 4.69) is 5.32 Å². The number of amides is 1. The first kappa shape index (κ1) is 22.1. The Morgan fingerprint density at radius 3 is 2.62 bits per heavy atom. The third kappa shape index (κ3) is 5.42. The summed E-state index contributed by atoms with van der Waals surface area (Å²) in [5, 5.41) is 23.2. The summed E-state index contributed by atoms with van der Waals surface area (Å²) < 4.78 is 10.2. The van der Waals surface area contributed by atoms with E-state index in [4.69, 9.17) is 9.47 Å². The fourth-order valence-electron chi connectivity index (χ4n) is 2.71. The normalized spacial score (nSPS) is 15.9. The molecule has 1 aromatic rings. The number of benzene rings is 1. The van der Waals surface area contributed by atoms with Gasteiger partial charge in [0.2, 0.25) is 0 Å². The van der Waals surface area contributed by atoms with Crippen LogP contribution >= 0.6 is 0 Å². The summed E-state index contributed by atoms with van der Waals surface area (Å²) in [4.78, 5) is 37.0. The molecule has 0 bridgehead atoms. The number of nitrogens with zero attached hydrogens (tertiary/aromatic N) is 3. The van der Waals surface area contributed by atoms with Gasteiger partial charge in [-0.1, -0.05) is 13.8 Å². The number of ether oxygens (including phenoxy) is 2. The van der Waals surface area contributed by atoms with E-state index in [-0.39, 0.29) is 17.2 Å². The number of esters is 1. The molecule has 1 amide bonds. The Bertz CT molecular complexity index is 828. The number of hydrogen-bond donors (Lipinski definition) is 1. The van der Waals surface area contributed by atoms with E-state index in [1.807, 2.05) is 11.0 Å². The molecule has 1 fully saturated rings. The predicted octanol–water partition coefficient (Wildman–Crippen LogP) is 1.64. The molecule has 0 unspecified atom stereocenters. The lowest BCUT2D eigenvalue weighted by Crippen LogP contribution is -2.50. The van der Waals surface area contributed by atoms with Crippen LogP contribution in [0.4, 0.5) is 11.4 Å². The van der Waals surface area contributed by atoms with Crippen molar-refractivity contribution in [3.8, 4) is 6.07 Å². The third-order valence-electron chi connectivity index (χ3n) is 4.88. The van der Waals surface area contributed by atoms with Gasteiger partial charge in [0, 0.05) is 19.2 Å². The van der Waals surface area contributed by atoms with E-state index in [9.17, 15) is 25.0 Å². The third-order valence-corrected chi connectivity index (χ3v) is 4.88. The van der Waals surface area contributed by atoms with E-state index in [1.165, 1.54) is 12.1 Å². The van der Waals surface area contributed by atoms with Crippen LogP contribution < -0.4 is 10.2 Å². The maximum absolute atomic E-state index is 12.3. The first-order chi connectivity index (χ1) is 13.7. The molecule has 10 heteroatoms. The van der Waals surface area contributed by atoms with Crippen molar-refractivity contribution in [3.05, 3.63) is 33.9 Å². The first-order valence-electron chi connectivity index (χ1n) is 9.18. The first-order valence-corrected chi connectivity index (χ1v) is 9.18. The molecule has 1 atom stereocenters. The molecule has 1 saturated heterocycles. The number of nitro benzene ring substituents is 1. The quantitative estimate of drug-likeness (QED) is 0.412. The summed E-state index contributed by atoms with van der Waals surface area (Å²) in [7, 11) is 0. The summed E-state index contributed by atoms with van der Waals surface area (Å²) in [6.45, 7) is 6.50. The predicted molar refractivity (Wildman–Crippen MR) is 103 cm³/mol. The second kappa shape index (κ2) is 9.34. The van der Waals surface area contributed by atoms with E-state index < -0.39 is 28.9 Å². The molecule has 10 nitrogen and oxygen atoms in total. The van der Waals surface area contributed by atoms with Gasteiger partial charge in [0.1, 0.15) is 11.2 Å². The molecule has 1 heterocycles. The average Bonchev–Trinajstić information content (AvgIpc) is 2.71. The van der Waals surface area contributed by atoms with Gasteiger partial charge in [0.25, 0.3) is 11.6 Å². The van der Waals surface area contributed by atoms with Gasteiger partial charge in [-0.3, -0.25) is 14.9 Å². The number of nitro groups is 1. The maximum atomic E-state index is 12.3. The summed E-state index contributed by atoms with van der Waals surface area (Å²) in [6.07, 6.45) is 0. The Labute approximate surface area is 168 Å². The van der Waals surface area contributed by atoms with E-state index in [0.29, 0.717) is 32.0 Å². The summed E-state index contributed by atoms with van der Waals surface area (Å²) >= 11 is 0. The highest BCUT2D eigenvalue weighted by Crippen LogP contribution is 2.30. The molecule has 29 heavy (non-hydrogen) atoms. The zero-order valence-electron chi connectivity index (χ0n) is 16.6. The van der Waals surface area contributed by atoms with Crippen molar-refractivity contribution in [1.82, 2.24) is 5.32 Å². The number of nitrogens with one attached hydrogen (secondary N) is 1. The number of morpholine rings is 1. The monoisotopic (exact) mass is 404 g/mol. The molecule has 1 N–H and O–H groups in total. The molecule has 0 radical (unpaired) electrons. The molecule has 0 spiro atoms. The number of nitriles is 1. The van der Waals surface area contributed by atoms with Gasteiger partial charge in [-0.05, 0) is 25.0 Å². The van der Waals surface area contributed by atoms with E-state index >= 15 is 0 Å². The molecule has 1 aliphatic heterocycles. The van der Waals surface area contributed by atoms with Crippen LogP contribution in [0.2, 0.25) is 0 Å². The van der Waals surface area contributed by atoms with Crippen molar-refractivity contribution < 1.29 is 24.0 Å². The Morgan fingerprint density at radius 1 is 1.41 bits per heavy atom. The van der Waals surface area contributed by atoms with Crippen LogP contribution in [0.3, 0.4) is 0 Å². The Morgan fingerprint density at radius 2 is 2.07 bits per heavy atom. The van der Waals surface area contributed by atoms with Crippen LogP contribution in [-0.4, -0.2) is 55.2 Å². The van der Waals surface area contributed by atoms with Crippen LogP contribution in [-0.2, 0) is 14.3 Å². The Kier molecular flexibility index (Phi) is 7.12. The number of hydrogen-bond acceptors (Lipinski definition) is 8. The van der Waals surface area contributed by atoms with Gasteiger partial charge in [-0.15, -0.1) is 0 Å². The minimum atomic E-state index is -1.10. The Balaban J connectivity index is 2.07. The standard InChI is InChI=1S/C19H24N4O6/c1-13(2)19(3,12-20)21-17(24)11-29-18(25)14-4-5-15(16(10-14)23(26)27)22-6-8-28-9-7-22/h4-5,10,13H,6-9,11H2,1-3H3,(H,21,24)/t19-/m1/s1. The highest BCUT2D eigenvalue weighted by molar-refractivity contribution is 5.93. The van der Waals surface area contributed by atoms with E-state index in [1.54, 1.807) is 20.8 Å². The van der Waals surface area contributed by atoms with Crippen LogP contribution in [0.15, 0.2) is 18.2 Å². The molecular formula is C19H24N4O6. The van der Waals surface area contributed by atoms with Crippen LogP contribution in [0, 0.1) is 27.4 Å². The van der Waals surface area contributed by atoms with Crippen molar-refractivity contribution in [2.45, 2.75) is 26.3 Å². The maximum Gasteiger partial charge on any atom is 0.338 e. The fourth-order valence-corrected chi connectivity index (χ4v) is 2.71. The fraction of sp³-hybridized carbons (Fsp3) is 0.526. The molecular weight excluding hydrogens is 380 g/mol. The Hall–Kier alpha value is -3.19. The number of rotatable bonds is 7. The number of anilines is 1. The minimum absolute atomic E-state index is 0.0339. The second-order valence-corrected chi connectivity index (χ2v) is 7.15. The zero-order valence-corrected chi connectivity index (χ0v) is 16.6. The van der Waals surface area contributed by atoms with Crippen LogP contribution in [0.25, 0.3) is 0 Å². The molecule has 0 saturated carbocycles. The van der Waals surface area contributed by atoms with Crippen LogP contribution in [0.5, 0.6) is 0 Å². The van der Waals surface area contributed by atoms with E-state index in [0.717, 1.165) is 6.07 Å². The molecule has 1 aliphatic rings. The largest absolute Gasteiger partial charge is 0.452 e. The second-order valence-electron chi connectivity index (χ2n) is 7.15. The van der Waals surface area contributed by atoms with Gasteiger partial charge in [-0.2, -0.15) is 5.26 Å². The van der Waals surface area contributed by atoms with Gasteiger partial charge >= 0.3 is 5.97 Å². The van der Waals surface area contributed by atoms with Crippen molar-refractivity contribution in [2.24, 2.45) is 5.92 Å². The SMILES string of the molecule is CC(C)[C@@](C)(C#N)NC(=O)COC(=O)c1ccc(N2CCOCC2)c([N+](=O)[O-])c1. The molecule has 1 aromatic carbocycles. The van der Waals surface area contributed by atoms with Gasteiger partial charge in [0.15, 0.2) is 6.61 Å². The summed E-state index contributed by atoms with van der Waals surface area (Å²) in [5.74, 6) is -1.64. The molecule has 2 rings (SSSR count). The lowest BCUT2D eigenvalue weighted by molar-refractivity contribution is -0.384. The topological polar surface area (TPSA) is 135 Å². The van der Waals surface area contributed by atoms with Gasteiger partial charge in [0.05, 0.1) is 29.8 Å². The number of carbonyl (C=O) groups excluding carboxylic acids is 2. The van der Waals surface area contributed by atoms with Crippen molar-refractivity contribution >= 4 is 23.3 Å².